The topological polar surface area (TPSA) is 41.5 Å². The lowest BCUT2D eigenvalue weighted by Crippen LogP contribution is -2.49. The molecule has 2 N–H and O–H groups in total. The highest BCUT2D eigenvalue weighted by Gasteiger charge is 2.23. The van der Waals surface area contributed by atoms with Gasteiger partial charge in [-0.3, -0.25) is 0 Å². The van der Waals surface area contributed by atoms with Crippen molar-refractivity contribution >= 4 is 0 Å². The fourth-order valence-corrected chi connectivity index (χ4v) is 1.31. The average molecular weight is 159 g/mol. The summed E-state index contributed by atoms with van der Waals surface area (Å²) in [5, 5.41) is 12.7. The summed E-state index contributed by atoms with van der Waals surface area (Å²) >= 11 is 0. The first kappa shape index (κ1) is 8.97. The summed E-state index contributed by atoms with van der Waals surface area (Å²) in [5.41, 5.74) is 0. The third-order valence-corrected chi connectivity index (χ3v) is 1.87. The Morgan fingerprint density at radius 3 is 2.82 bits per heavy atom. The van der Waals surface area contributed by atoms with Crippen LogP contribution < -0.4 is 5.32 Å². The number of aliphatic hydroxyl groups excluding tert-OH is 1. The van der Waals surface area contributed by atoms with Gasteiger partial charge in [-0.25, -0.2) is 0 Å². The van der Waals surface area contributed by atoms with E-state index in [1.807, 2.05) is 0 Å². The largest absolute Gasteiger partial charge is 0.391 e. The van der Waals surface area contributed by atoms with E-state index in [2.05, 4.69) is 19.2 Å². The Bertz CT molecular complexity index is 117. The summed E-state index contributed by atoms with van der Waals surface area (Å²) in [5.74, 6) is 0. The molecule has 1 heterocycles. The highest BCUT2D eigenvalue weighted by Crippen LogP contribution is 2.07. The molecule has 0 aromatic rings. The second-order valence-corrected chi connectivity index (χ2v) is 3.36. The quantitative estimate of drug-likeness (QED) is 0.602. The Morgan fingerprint density at radius 1 is 1.55 bits per heavy atom. The van der Waals surface area contributed by atoms with Crippen molar-refractivity contribution in [1.29, 1.82) is 0 Å². The van der Waals surface area contributed by atoms with Crippen LogP contribution in [0.15, 0.2) is 0 Å². The van der Waals surface area contributed by atoms with Crippen LogP contribution in [0.25, 0.3) is 0 Å². The molecule has 1 aliphatic rings. The van der Waals surface area contributed by atoms with Crippen molar-refractivity contribution in [1.82, 2.24) is 5.32 Å². The Balaban J connectivity index is 2.29. The van der Waals surface area contributed by atoms with E-state index in [9.17, 15) is 5.11 Å². The average Bonchev–Trinajstić information content (AvgIpc) is 1.93. The fourth-order valence-electron chi connectivity index (χ4n) is 1.31. The van der Waals surface area contributed by atoms with Crippen LogP contribution in [-0.4, -0.2) is 36.5 Å². The SMILES string of the molecule is CC(C)N[C@@H]1COCC[C@H]1O. The van der Waals surface area contributed by atoms with E-state index in [1.165, 1.54) is 0 Å². The van der Waals surface area contributed by atoms with Gasteiger partial charge in [0.1, 0.15) is 0 Å². The minimum Gasteiger partial charge on any atom is -0.391 e. The van der Waals surface area contributed by atoms with Crippen LogP contribution in [0.2, 0.25) is 0 Å². The van der Waals surface area contributed by atoms with Crippen LogP contribution >= 0.6 is 0 Å². The summed E-state index contributed by atoms with van der Waals surface area (Å²) < 4.78 is 5.23. The number of hydrogen-bond donors (Lipinski definition) is 2. The van der Waals surface area contributed by atoms with Crippen molar-refractivity contribution < 1.29 is 9.84 Å². The first-order chi connectivity index (χ1) is 5.20. The highest BCUT2D eigenvalue weighted by molar-refractivity contribution is 4.79. The number of nitrogens with one attached hydrogen (secondary N) is 1. The number of rotatable bonds is 2. The van der Waals surface area contributed by atoms with E-state index in [4.69, 9.17) is 4.74 Å². The summed E-state index contributed by atoms with van der Waals surface area (Å²) in [4.78, 5) is 0. The lowest BCUT2D eigenvalue weighted by molar-refractivity contribution is -0.0178. The molecule has 11 heavy (non-hydrogen) atoms. The molecular weight excluding hydrogens is 142 g/mol. The monoisotopic (exact) mass is 159 g/mol. The minimum atomic E-state index is -0.230. The molecule has 0 spiro atoms. The van der Waals surface area contributed by atoms with Crippen molar-refractivity contribution in [3.8, 4) is 0 Å². The van der Waals surface area contributed by atoms with E-state index in [-0.39, 0.29) is 12.1 Å². The Kier molecular flexibility index (Phi) is 3.30. The maximum atomic E-state index is 9.48. The van der Waals surface area contributed by atoms with Gasteiger partial charge in [0.25, 0.3) is 0 Å². The molecule has 0 aromatic heterocycles. The van der Waals surface area contributed by atoms with Crippen molar-refractivity contribution in [3.05, 3.63) is 0 Å². The lowest BCUT2D eigenvalue weighted by Gasteiger charge is -2.30. The third kappa shape index (κ3) is 2.77. The van der Waals surface area contributed by atoms with Gasteiger partial charge in [0.05, 0.1) is 18.8 Å². The van der Waals surface area contributed by atoms with Gasteiger partial charge in [-0.15, -0.1) is 0 Å². The number of hydrogen-bond acceptors (Lipinski definition) is 3. The van der Waals surface area contributed by atoms with Gasteiger partial charge in [0.15, 0.2) is 0 Å². The fraction of sp³-hybridized carbons (Fsp3) is 1.00. The summed E-state index contributed by atoms with van der Waals surface area (Å²) in [6, 6.07) is 0.542. The molecule has 0 saturated carbocycles. The molecule has 0 radical (unpaired) electrons. The van der Waals surface area contributed by atoms with Crippen LogP contribution in [0, 0.1) is 0 Å². The lowest BCUT2D eigenvalue weighted by atomic mass is 10.1. The third-order valence-electron chi connectivity index (χ3n) is 1.87. The van der Waals surface area contributed by atoms with Gasteiger partial charge in [-0.1, -0.05) is 13.8 Å². The normalized spacial score (nSPS) is 32.7. The van der Waals surface area contributed by atoms with Crippen LogP contribution in [0.4, 0.5) is 0 Å². The van der Waals surface area contributed by atoms with Crippen molar-refractivity contribution in [2.45, 2.75) is 38.5 Å². The van der Waals surface area contributed by atoms with Gasteiger partial charge in [-0.2, -0.15) is 0 Å². The second kappa shape index (κ2) is 4.04. The van der Waals surface area contributed by atoms with E-state index < -0.39 is 0 Å². The van der Waals surface area contributed by atoms with Gasteiger partial charge >= 0.3 is 0 Å². The van der Waals surface area contributed by atoms with Gasteiger partial charge in [-0.05, 0) is 6.42 Å². The van der Waals surface area contributed by atoms with E-state index in [0.29, 0.717) is 19.3 Å². The van der Waals surface area contributed by atoms with Gasteiger partial charge in [0.2, 0.25) is 0 Å². The number of ether oxygens (including phenoxy) is 1. The Hall–Kier alpha value is -0.120. The van der Waals surface area contributed by atoms with Crippen LogP contribution in [-0.2, 0) is 4.74 Å². The van der Waals surface area contributed by atoms with Gasteiger partial charge in [0, 0.05) is 12.6 Å². The molecule has 0 unspecified atom stereocenters. The van der Waals surface area contributed by atoms with E-state index >= 15 is 0 Å². The molecule has 2 atom stereocenters. The Labute approximate surface area is 67.7 Å². The van der Waals surface area contributed by atoms with Crippen molar-refractivity contribution in [2.75, 3.05) is 13.2 Å². The molecule has 1 fully saturated rings. The molecule has 66 valence electrons. The smallest absolute Gasteiger partial charge is 0.0737 e. The molecule has 3 nitrogen and oxygen atoms in total. The van der Waals surface area contributed by atoms with Crippen molar-refractivity contribution in [3.63, 3.8) is 0 Å². The van der Waals surface area contributed by atoms with Crippen LogP contribution in [0.5, 0.6) is 0 Å². The van der Waals surface area contributed by atoms with Crippen LogP contribution in [0.1, 0.15) is 20.3 Å². The maximum absolute atomic E-state index is 9.48. The summed E-state index contributed by atoms with van der Waals surface area (Å²) in [7, 11) is 0. The van der Waals surface area contributed by atoms with E-state index in [1.54, 1.807) is 0 Å². The molecule has 1 aliphatic heterocycles. The Morgan fingerprint density at radius 2 is 2.27 bits per heavy atom. The number of aliphatic hydroxyl groups is 1. The zero-order valence-corrected chi connectivity index (χ0v) is 7.21. The molecule has 1 saturated heterocycles. The minimum absolute atomic E-state index is 0.128. The zero-order chi connectivity index (χ0) is 8.27. The first-order valence-corrected chi connectivity index (χ1v) is 4.22. The zero-order valence-electron chi connectivity index (χ0n) is 7.21. The predicted octanol–water partition coefficient (Wildman–Crippen LogP) is 0.134. The molecule has 1 rings (SSSR count). The summed E-state index contributed by atoms with van der Waals surface area (Å²) in [6.07, 6.45) is 0.524. The molecule has 0 amide bonds. The van der Waals surface area contributed by atoms with Crippen LogP contribution in [0.3, 0.4) is 0 Å². The molecule has 0 aromatic carbocycles. The molecule has 0 aliphatic carbocycles. The maximum Gasteiger partial charge on any atom is 0.0737 e. The standard InChI is InChI=1S/C8H17NO2/c1-6(2)9-7-5-11-4-3-8(7)10/h6-10H,3-5H2,1-2H3/t7-,8-/m1/s1. The second-order valence-electron chi connectivity index (χ2n) is 3.36. The molecular formula is C8H17NO2. The molecule has 3 heteroatoms. The highest BCUT2D eigenvalue weighted by atomic mass is 16.5. The molecule has 0 bridgehead atoms. The summed E-state index contributed by atoms with van der Waals surface area (Å²) in [6.45, 7) is 5.47. The first-order valence-electron chi connectivity index (χ1n) is 4.22. The van der Waals surface area contributed by atoms with Crippen molar-refractivity contribution in [2.24, 2.45) is 0 Å². The predicted molar refractivity (Wildman–Crippen MR) is 43.5 cm³/mol. The van der Waals surface area contributed by atoms with Gasteiger partial charge < -0.3 is 15.2 Å². The van der Waals surface area contributed by atoms with E-state index in [0.717, 1.165) is 6.42 Å².